The zero-order chi connectivity index (χ0) is 20.9. The minimum atomic E-state index is 0.384. The van der Waals surface area contributed by atoms with Gasteiger partial charge in [-0.15, -0.1) is 10.2 Å². The number of ether oxygens (including phenoxy) is 1. The molecule has 0 aliphatic heterocycles. The van der Waals surface area contributed by atoms with Gasteiger partial charge in [-0.05, 0) is 55.3 Å². The highest BCUT2D eigenvalue weighted by molar-refractivity contribution is 7.99. The summed E-state index contributed by atoms with van der Waals surface area (Å²) >= 11 is 20.2. The van der Waals surface area contributed by atoms with Crippen molar-refractivity contribution < 1.29 is 4.74 Å². The van der Waals surface area contributed by atoms with Gasteiger partial charge in [0.2, 0.25) is 0 Å². The van der Waals surface area contributed by atoms with Gasteiger partial charge < -0.3 is 4.74 Å². The molecule has 0 spiro atoms. The largest absolute Gasteiger partial charge is 0.493 e. The zero-order valence-electron chi connectivity index (χ0n) is 16.4. The van der Waals surface area contributed by atoms with E-state index in [9.17, 15) is 0 Å². The van der Waals surface area contributed by atoms with Crippen LogP contribution in [0.25, 0.3) is 11.4 Å². The number of rotatable bonds is 7. The van der Waals surface area contributed by atoms with E-state index in [1.54, 1.807) is 17.8 Å². The Balaban J connectivity index is 1.51. The Labute approximate surface area is 195 Å². The summed E-state index contributed by atoms with van der Waals surface area (Å²) in [6, 6.07) is 13.3. The van der Waals surface area contributed by atoms with Crippen molar-refractivity contribution in [3.05, 3.63) is 57.5 Å². The predicted molar refractivity (Wildman–Crippen MR) is 125 cm³/mol. The van der Waals surface area contributed by atoms with Crippen molar-refractivity contribution >= 4 is 46.6 Å². The first-order valence-electron chi connectivity index (χ1n) is 10.0. The average Bonchev–Trinajstić information content (AvgIpc) is 3.16. The Morgan fingerprint density at radius 3 is 2.40 bits per heavy atom. The molecule has 0 unspecified atom stereocenters. The lowest BCUT2D eigenvalue weighted by atomic mass is 9.95. The van der Waals surface area contributed by atoms with Gasteiger partial charge in [-0.1, -0.05) is 65.8 Å². The first-order valence-corrected chi connectivity index (χ1v) is 12.2. The molecule has 0 amide bonds. The molecule has 3 aromatic rings. The topological polar surface area (TPSA) is 39.9 Å². The standard InChI is InChI=1S/C22H22Cl3N3OS/c23-15-6-9-18(10-7-15)29-12-13-30-22-27-26-21(19-11-8-16(24)14-20(19)25)28(22)17-4-2-1-3-5-17/h6-11,14,17H,1-5,12-13H2. The monoisotopic (exact) mass is 481 g/mol. The van der Waals surface area contributed by atoms with Crippen LogP contribution < -0.4 is 4.74 Å². The zero-order valence-corrected chi connectivity index (χ0v) is 19.4. The first-order chi connectivity index (χ1) is 14.6. The lowest BCUT2D eigenvalue weighted by Gasteiger charge is -2.25. The lowest BCUT2D eigenvalue weighted by molar-refractivity contribution is 0.336. The van der Waals surface area contributed by atoms with E-state index in [-0.39, 0.29) is 0 Å². The van der Waals surface area contributed by atoms with E-state index in [0.29, 0.717) is 27.7 Å². The molecule has 4 nitrogen and oxygen atoms in total. The molecule has 0 saturated heterocycles. The van der Waals surface area contributed by atoms with Crippen molar-refractivity contribution in [2.45, 2.75) is 43.3 Å². The summed E-state index contributed by atoms with van der Waals surface area (Å²) in [5.74, 6) is 2.38. The summed E-state index contributed by atoms with van der Waals surface area (Å²) < 4.78 is 8.08. The molecular weight excluding hydrogens is 461 g/mol. The van der Waals surface area contributed by atoms with Crippen LogP contribution in [-0.2, 0) is 0 Å². The number of thioether (sulfide) groups is 1. The van der Waals surface area contributed by atoms with Crippen LogP contribution >= 0.6 is 46.6 Å². The maximum atomic E-state index is 6.49. The van der Waals surface area contributed by atoms with Crippen LogP contribution in [-0.4, -0.2) is 27.1 Å². The minimum absolute atomic E-state index is 0.384. The molecule has 30 heavy (non-hydrogen) atoms. The van der Waals surface area contributed by atoms with Crippen molar-refractivity contribution in [2.24, 2.45) is 0 Å². The van der Waals surface area contributed by atoms with Gasteiger partial charge in [0.1, 0.15) is 5.75 Å². The molecule has 0 N–H and O–H groups in total. The number of halogens is 3. The van der Waals surface area contributed by atoms with E-state index in [2.05, 4.69) is 14.8 Å². The average molecular weight is 483 g/mol. The lowest BCUT2D eigenvalue weighted by Crippen LogP contribution is -2.15. The van der Waals surface area contributed by atoms with Crippen molar-refractivity contribution in [3.8, 4) is 17.1 Å². The summed E-state index contributed by atoms with van der Waals surface area (Å²) in [6.45, 7) is 0.570. The number of hydrogen-bond acceptors (Lipinski definition) is 4. The molecule has 0 radical (unpaired) electrons. The van der Waals surface area contributed by atoms with E-state index < -0.39 is 0 Å². The third-order valence-corrected chi connectivity index (χ3v) is 6.88. The maximum absolute atomic E-state index is 6.49. The second-order valence-corrected chi connectivity index (χ2v) is 9.59. The van der Waals surface area contributed by atoms with Gasteiger partial charge >= 0.3 is 0 Å². The smallest absolute Gasteiger partial charge is 0.191 e. The SMILES string of the molecule is Clc1ccc(OCCSc2nnc(-c3ccc(Cl)cc3Cl)n2C2CCCCC2)cc1. The highest BCUT2D eigenvalue weighted by Gasteiger charge is 2.24. The van der Waals surface area contributed by atoms with Crippen molar-refractivity contribution in [1.29, 1.82) is 0 Å². The summed E-state index contributed by atoms with van der Waals surface area (Å²) in [4.78, 5) is 0. The fourth-order valence-corrected chi connectivity index (χ4v) is 5.16. The van der Waals surface area contributed by atoms with Crippen LogP contribution in [0.15, 0.2) is 47.6 Å². The van der Waals surface area contributed by atoms with Crippen LogP contribution in [0.1, 0.15) is 38.1 Å². The highest BCUT2D eigenvalue weighted by Crippen LogP contribution is 2.38. The first kappa shape index (κ1) is 21.8. The Hall–Kier alpha value is -1.40. The molecule has 1 heterocycles. The summed E-state index contributed by atoms with van der Waals surface area (Å²) in [5, 5.41) is 11.8. The minimum Gasteiger partial charge on any atom is -0.493 e. The third kappa shape index (κ3) is 5.25. The molecule has 1 fully saturated rings. The molecule has 8 heteroatoms. The molecule has 1 saturated carbocycles. The van der Waals surface area contributed by atoms with Gasteiger partial charge in [-0.2, -0.15) is 0 Å². The van der Waals surface area contributed by atoms with Gasteiger partial charge in [-0.3, -0.25) is 4.57 Å². The Bertz CT molecular complexity index is 988. The van der Waals surface area contributed by atoms with E-state index in [0.717, 1.165) is 40.9 Å². The van der Waals surface area contributed by atoms with Gasteiger partial charge in [0, 0.05) is 27.4 Å². The van der Waals surface area contributed by atoms with E-state index in [4.69, 9.17) is 39.5 Å². The van der Waals surface area contributed by atoms with Gasteiger partial charge in [-0.25, -0.2) is 0 Å². The molecule has 1 aliphatic rings. The molecule has 0 atom stereocenters. The highest BCUT2D eigenvalue weighted by atomic mass is 35.5. The molecule has 1 aliphatic carbocycles. The van der Waals surface area contributed by atoms with Crippen LogP contribution in [0.3, 0.4) is 0 Å². The van der Waals surface area contributed by atoms with Gasteiger partial charge in [0.15, 0.2) is 11.0 Å². The third-order valence-electron chi connectivity index (χ3n) is 5.17. The van der Waals surface area contributed by atoms with Crippen molar-refractivity contribution in [1.82, 2.24) is 14.8 Å². The van der Waals surface area contributed by atoms with Crippen LogP contribution in [0.5, 0.6) is 5.75 Å². The maximum Gasteiger partial charge on any atom is 0.191 e. The summed E-state index contributed by atoms with van der Waals surface area (Å²) in [6.07, 6.45) is 5.99. The van der Waals surface area contributed by atoms with Crippen LogP contribution in [0.2, 0.25) is 15.1 Å². The number of aromatic nitrogens is 3. The summed E-state index contributed by atoms with van der Waals surface area (Å²) in [5.41, 5.74) is 0.864. The van der Waals surface area contributed by atoms with Gasteiger partial charge in [0.05, 0.1) is 11.6 Å². The van der Waals surface area contributed by atoms with Crippen molar-refractivity contribution in [3.63, 3.8) is 0 Å². The van der Waals surface area contributed by atoms with E-state index >= 15 is 0 Å². The van der Waals surface area contributed by atoms with E-state index in [1.165, 1.54) is 19.3 Å². The van der Waals surface area contributed by atoms with Crippen molar-refractivity contribution in [2.75, 3.05) is 12.4 Å². The quantitative estimate of drug-likeness (QED) is 0.257. The fourth-order valence-electron chi connectivity index (χ4n) is 3.72. The molecule has 1 aromatic heterocycles. The molecule has 2 aromatic carbocycles. The normalized spacial score (nSPS) is 14.8. The van der Waals surface area contributed by atoms with Gasteiger partial charge in [0.25, 0.3) is 0 Å². The number of benzene rings is 2. The van der Waals surface area contributed by atoms with Crippen LogP contribution in [0, 0.1) is 0 Å². The molecule has 0 bridgehead atoms. The second kappa shape index (κ2) is 10.3. The second-order valence-electron chi connectivity index (χ2n) is 7.24. The van der Waals surface area contributed by atoms with E-state index in [1.807, 2.05) is 36.4 Å². The van der Waals surface area contributed by atoms with Crippen LogP contribution in [0.4, 0.5) is 0 Å². The Kier molecular flexibility index (Phi) is 7.47. The number of nitrogens with zero attached hydrogens (tertiary/aromatic N) is 3. The fraction of sp³-hybridized carbons (Fsp3) is 0.364. The molecule has 158 valence electrons. The molecule has 4 rings (SSSR count). The summed E-state index contributed by atoms with van der Waals surface area (Å²) in [7, 11) is 0. The Morgan fingerprint density at radius 2 is 1.67 bits per heavy atom. The number of hydrogen-bond donors (Lipinski definition) is 0. The Morgan fingerprint density at radius 1 is 0.933 bits per heavy atom. The molecular formula is C22H22Cl3N3OS. The predicted octanol–water partition coefficient (Wildman–Crippen LogP) is 7.58.